The van der Waals surface area contributed by atoms with Crippen LogP contribution in [0.2, 0.25) is 0 Å². The summed E-state index contributed by atoms with van der Waals surface area (Å²) in [7, 11) is 0. The first-order chi connectivity index (χ1) is 8.74. The number of amides is 2. The average Bonchev–Trinajstić information content (AvgIpc) is 2.26. The summed E-state index contributed by atoms with van der Waals surface area (Å²) in [5.41, 5.74) is 4.72. The zero-order valence-corrected chi connectivity index (χ0v) is 11.2. The summed E-state index contributed by atoms with van der Waals surface area (Å²) in [6.45, 7) is 4.62. The fourth-order valence-electron chi connectivity index (χ4n) is 2.31. The van der Waals surface area contributed by atoms with Gasteiger partial charge in [0, 0.05) is 0 Å². The van der Waals surface area contributed by atoms with Gasteiger partial charge in [-0.2, -0.15) is 0 Å². The number of aliphatic carboxylic acids is 1. The van der Waals surface area contributed by atoms with Crippen LogP contribution < -0.4 is 16.4 Å². The number of carboxylic acid groups (broad SMARTS) is 1. The molecule has 1 aliphatic rings. The lowest BCUT2D eigenvalue weighted by molar-refractivity contribution is -0.144. The van der Waals surface area contributed by atoms with E-state index in [2.05, 4.69) is 10.6 Å². The number of nitrogens with two attached hydrogens (primary N) is 1. The molecule has 1 unspecified atom stereocenters. The van der Waals surface area contributed by atoms with E-state index >= 15 is 0 Å². The minimum atomic E-state index is -1.27. The predicted octanol–water partition coefficient (Wildman–Crippen LogP) is -0.791. The zero-order chi connectivity index (χ0) is 14.6. The van der Waals surface area contributed by atoms with Gasteiger partial charge in [0.25, 0.3) is 0 Å². The lowest BCUT2D eigenvalue weighted by atomic mass is 9.77. The Morgan fingerprint density at radius 2 is 2.11 bits per heavy atom. The molecule has 5 N–H and O–H groups in total. The molecular weight excluding hydrogens is 250 g/mol. The second-order valence-electron chi connectivity index (χ2n) is 5.55. The molecule has 0 saturated carbocycles. The van der Waals surface area contributed by atoms with E-state index in [9.17, 15) is 14.4 Å². The summed E-state index contributed by atoms with van der Waals surface area (Å²) in [6.07, 6.45) is 1.44. The Morgan fingerprint density at radius 1 is 1.47 bits per heavy atom. The van der Waals surface area contributed by atoms with Crippen molar-refractivity contribution in [3.63, 3.8) is 0 Å². The molecule has 7 nitrogen and oxygen atoms in total. The first kappa shape index (κ1) is 15.4. The largest absolute Gasteiger partial charge is 0.480 e. The van der Waals surface area contributed by atoms with Crippen molar-refractivity contribution in [3.8, 4) is 0 Å². The maximum atomic E-state index is 12.1. The summed E-state index contributed by atoms with van der Waals surface area (Å²) in [5, 5.41) is 14.4. The van der Waals surface area contributed by atoms with Crippen LogP contribution in [-0.4, -0.2) is 41.5 Å². The minimum absolute atomic E-state index is 0.252. The molecular formula is C12H21N3O4. The molecule has 0 aliphatic carbocycles. The highest BCUT2D eigenvalue weighted by Gasteiger charge is 2.38. The Bertz CT molecular complexity index is 381. The van der Waals surface area contributed by atoms with E-state index < -0.39 is 36.3 Å². The molecule has 1 saturated heterocycles. The van der Waals surface area contributed by atoms with Gasteiger partial charge in [-0.25, -0.2) is 4.79 Å². The number of carboxylic acids is 1. The van der Waals surface area contributed by atoms with Gasteiger partial charge in [0.15, 0.2) is 0 Å². The van der Waals surface area contributed by atoms with Crippen molar-refractivity contribution in [2.45, 2.75) is 45.2 Å². The number of primary amides is 1. The third-order valence-electron chi connectivity index (χ3n) is 3.41. The van der Waals surface area contributed by atoms with Gasteiger partial charge in [0.1, 0.15) is 6.04 Å². The molecule has 19 heavy (non-hydrogen) atoms. The van der Waals surface area contributed by atoms with E-state index in [1.54, 1.807) is 0 Å². The maximum absolute atomic E-state index is 12.1. The topological polar surface area (TPSA) is 122 Å². The summed E-state index contributed by atoms with van der Waals surface area (Å²) >= 11 is 0. The van der Waals surface area contributed by atoms with Crippen molar-refractivity contribution in [1.29, 1.82) is 0 Å². The molecule has 1 aliphatic heterocycles. The lowest BCUT2D eigenvalue weighted by Crippen LogP contribution is -2.58. The van der Waals surface area contributed by atoms with Gasteiger partial charge in [-0.3, -0.25) is 9.59 Å². The van der Waals surface area contributed by atoms with Crippen LogP contribution in [0.3, 0.4) is 0 Å². The van der Waals surface area contributed by atoms with Crippen molar-refractivity contribution >= 4 is 17.8 Å². The van der Waals surface area contributed by atoms with Gasteiger partial charge >= 0.3 is 5.97 Å². The van der Waals surface area contributed by atoms with E-state index in [0.717, 1.165) is 19.4 Å². The molecule has 1 rings (SSSR count). The molecule has 0 bridgehead atoms. The van der Waals surface area contributed by atoms with E-state index in [1.807, 2.05) is 13.8 Å². The number of hydrogen-bond donors (Lipinski definition) is 4. The van der Waals surface area contributed by atoms with Gasteiger partial charge in [-0.05, 0) is 24.8 Å². The first-order valence-corrected chi connectivity index (χ1v) is 6.29. The Labute approximate surface area is 111 Å². The number of carbonyl (C=O) groups is 3. The molecule has 0 aromatic rings. The standard InChI is InChI=1S/C12H21N3O4/c1-12(2)4-3-5-14-9(12)10(17)15-7(11(18)19)6-8(13)16/h7,9,14H,3-6H2,1-2H3,(H2,13,16)(H,15,17)(H,18,19)/t7-,9?/m0/s1. The first-order valence-electron chi connectivity index (χ1n) is 6.29. The Balaban J connectivity index is 2.70. The summed E-state index contributed by atoms with van der Waals surface area (Å²) in [5.74, 6) is -2.43. The highest BCUT2D eigenvalue weighted by atomic mass is 16.4. The fraction of sp³-hybridized carbons (Fsp3) is 0.750. The molecule has 1 heterocycles. The molecule has 7 heteroatoms. The van der Waals surface area contributed by atoms with Gasteiger partial charge in [-0.1, -0.05) is 13.8 Å². The fourth-order valence-corrected chi connectivity index (χ4v) is 2.31. The molecule has 0 aromatic heterocycles. The molecule has 1 fully saturated rings. The Kier molecular flexibility index (Phi) is 4.88. The van der Waals surface area contributed by atoms with Gasteiger partial charge in [-0.15, -0.1) is 0 Å². The molecule has 0 spiro atoms. The molecule has 2 amide bonds. The SMILES string of the molecule is CC1(C)CCCNC1C(=O)N[C@@H](CC(N)=O)C(=O)O. The Morgan fingerprint density at radius 3 is 2.58 bits per heavy atom. The van der Waals surface area contributed by atoms with Crippen LogP contribution >= 0.6 is 0 Å². The van der Waals surface area contributed by atoms with Crippen LogP contribution in [0.15, 0.2) is 0 Å². The van der Waals surface area contributed by atoms with Crippen LogP contribution in [-0.2, 0) is 14.4 Å². The number of hydrogen-bond acceptors (Lipinski definition) is 4. The highest BCUT2D eigenvalue weighted by molar-refractivity contribution is 5.90. The lowest BCUT2D eigenvalue weighted by Gasteiger charge is -2.38. The van der Waals surface area contributed by atoms with Crippen molar-refractivity contribution in [3.05, 3.63) is 0 Å². The van der Waals surface area contributed by atoms with E-state index in [4.69, 9.17) is 10.8 Å². The molecule has 2 atom stereocenters. The van der Waals surface area contributed by atoms with E-state index in [1.165, 1.54) is 0 Å². The van der Waals surface area contributed by atoms with E-state index in [0.29, 0.717) is 0 Å². The van der Waals surface area contributed by atoms with Crippen LogP contribution in [0.5, 0.6) is 0 Å². The van der Waals surface area contributed by atoms with Crippen molar-refractivity contribution < 1.29 is 19.5 Å². The summed E-state index contributed by atoms with van der Waals surface area (Å²) < 4.78 is 0. The van der Waals surface area contributed by atoms with Crippen molar-refractivity contribution in [2.75, 3.05) is 6.54 Å². The normalized spacial score (nSPS) is 23.4. The average molecular weight is 271 g/mol. The van der Waals surface area contributed by atoms with Gasteiger partial charge < -0.3 is 21.5 Å². The monoisotopic (exact) mass is 271 g/mol. The second kappa shape index (κ2) is 6.01. The molecule has 0 aromatic carbocycles. The maximum Gasteiger partial charge on any atom is 0.326 e. The van der Waals surface area contributed by atoms with E-state index in [-0.39, 0.29) is 5.41 Å². The zero-order valence-electron chi connectivity index (χ0n) is 11.2. The van der Waals surface area contributed by atoms with Crippen molar-refractivity contribution in [2.24, 2.45) is 11.1 Å². The van der Waals surface area contributed by atoms with Crippen LogP contribution in [0.4, 0.5) is 0 Å². The Hall–Kier alpha value is -1.63. The predicted molar refractivity (Wildman–Crippen MR) is 68.2 cm³/mol. The number of piperidine rings is 1. The third kappa shape index (κ3) is 4.20. The molecule has 108 valence electrons. The van der Waals surface area contributed by atoms with Crippen molar-refractivity contribution in [1.82, 2.24) is 10.6 Å². The number of carbonyl (C=O) groups excluding carboxylic acids is 2. The summed E-state index contributed by atoms with van der Waals surface area (Å²) in [4.78, 5) is 33.9. The minimum Gasteiger partial charge on any atom is -0.480 e. The number of rotatable bonds is 5. The number of nitrogens with one attached hydrogen (secondary N) is 2. The van der Waals surface area contributed by atoms with Crippen LogP contribution in [0.25, 0.3) is 0 Å². The molecule has 0 radical (unpaired) electrons. The summed E-state index contributed by atoms with van der Waals surface area (Å²) in [6, 6.07) is -1.74. The van der Waals surface area contributed by atoms with Gasteiger partial charge in [0.05, 0.1) is 12.5 Å². The van der Waals surface area contributed by atoms with Crippen LogP contribution in [0, 0.1) is 5.41 Å². The smallest absolute Gasteiger partial charge is 0.326 e. The highest BCUT2D eigenvalue weighted by Crippen LogP contribution is 2.30. The third-order valence-corrected chi connectivity index (χ3v) is 3.41. The second-order valence-corrected chi connectivity index (χ2v) is 5.55. The quantitative estimate of drug-likeness (QED) is 0.522. The van der Waals surface area contributed by atoms with Gasteiger partial charge in [0.2, 0.25) is 11.8 Å². The van der Waals surface area contributed by atoms with Crippen LogP contribution in [0.1, 0.15) is 33.1 Å².